The Kier molecular flexibility index (Phi) is 5.84. The molecule has 0 unspecified atom stereocenters. The van der Waals surface area contributed by atoms with Crippen molar-refractivity contribution in [1.82, 2.24) is 25.1 Å². The van der Waals surface area contributed by atoms with Crippen LogP contribution in [0.1, 0.15) is 49.2 Å². The van der Waals surface area contributed by atoms with Gasteiger partial charge in [-0.15, -0.1) is 5.10 Å². The van der Waals surface area contributed by atoms with Crippen LogP contribution in [0.4, 0.5) is 5.69 Å². The van der Waals surface area contributed by atoms with E-state index in [2.05, 4.69) is 72.5 Å². The summed E-state index contributed by atoms with van der Waals surface area (Å²) >= 11 is 0. The summed E-state index contributed by atoms with van der Waals surface area (Å²) in [6, 6.07) is 19.5. The highest BCUT2D eigenvalue weighted by molar-refractivity contribution is 5.46. The first kappa shape index (κ1) is 20.0. The lowest BCUT2D eigenvalue weighted by Gasteiger charge is -2.40. The first-order valence-corrected chi connectivity index (χ1v) is 11.3. The second-order valence-corrected chi connectivity index (χ2v) is 8.45. The Hall–Kier alpha value is -2.93. The van der Waals surface area contributed by atoms with Crippen LogP contribution in [0.25, 0.3) is 0 Å². The largest absolute Gasteiger partial charge is 0.497 e. The zero-order valence-electron chi connectivity index (χ0n) is 18.1. The van der Waals surface area contributed by atoms with Crippen molar-refractivity contribution in [1.29, 1.82) is 0 Å². The number of tetrazole rings is 1. The van der Waals surface area contributed by atoms with Crippen molar-refractivity contribution >= 4 is 5.69 Å². The molecular weight excluding hydrogens is 388 g/mol. The van der Waals surface area contributed by atoms with Gasteiger partial charge in [-0.05, 0) is 53.1 Å². The zero-order chi connectivity index (χ0) is 21.0. The summed E-state index contributed by atoms with van der Waals surface area (Å²) in [6.07, 6.45) is 4.84. The lowest BCUT2D eigenvalue weighted by Crippen LogP contribution is -2.48. The molecule has 1 aliphatic heterocycles. The van der Waals surface area contributed by atoms with Crippen molar-refractivity contribution in [2.24, 2.45) is 0 Å². The fourth-order valence-electron chi connectivity index (χ4n) is 4.98. The van der Waals surface area contributed by atoms with Crippen LogP contribution in [0.3, 0.4) is 0 Å². The number of hydrogen-bond acceptors (Lipinski definition) is 6. The minimum absolute atomic E-state index is 0.0411. The molecule has 1 aliphatic carbocycles. The van der Waals surface area contributed by atoms with E-state index in [-0.39, 0.29) is 6.04 Å². The maximum absolute atomic E-state index is 5.39. The van der Waals surface area contributed by atoms with Gasteiger partial charge >= 0.3 is 0 Å². The van der Waals surface area contributed by atoms with Gasteiger partial charge < -0.3 is 9.64 Å². The first-order valence-electron chi connectivity index (χ1n) is 11.3. The molecule has 1 aromatic heterocycles. The van der Waals surface area contributed by atoms with Crippen molar-refractivity contribution in [2.45, 2.75) is 37.8 Å². The van der Waals surface area contributed by atoms with Crippen molar-refractivity contribution in [2.75, 3.05) is 38.2 Å². The van der Waals surface area contributed by atoms with Gasteiger partial charge in [0.05, 0.1) is 19.2 Å². The molecule has 0 N–H and O–H groups in total. The lowest BCUT2D eigenvalue weighted by molar-refractivity contribution is 0.197. The number of ether oxygens (including phenoxy) is 1. The molecule has 1 saturated carbocycles. The molecule has 1 atom stereocenters. The van der Waals surface area contributed by atoms with Gasteiger partial charge in [-0.25, -0.2) is 4.68 Å². The molecular formula is C24H30N6O. The molecule has 7 nitrogen and oxygen atoms in total. The van der Waals surface area contributed by atoms with Crippen molar-refractivity contribution in [3.8, 4) is 5.75 Å². The Bertz CT molecular complexity index is 959. The van der Waals surface area contributed by atoms with Crippen molar-refractivity contribution in [3.05, 3.63) is 66.0 Å². The van der Waals surface area contributed by atoms with E-state index >= 15 is 0 Å². The third-order valence-corrected chi connectivity index (χ3v) is 6.67. The predicted octanol–water partition coefficient (Wildman–Crippen LogP) is 3.71. The van der Waals surface area contributed by atoms with Gasteiger partial charge in [-0.2, -0.15) is 0 Å². The molecule has 0 amide bonds. The molecule has 7 heteroatoms. The Labute approximate surface area is 183 Å². The minimum Gasteiger partial charge on any atom is -0.497 e. The number of methoxy groups -OCH3 is 1. The van der Waals surface area contributed by atoms with Gasteiger partial charge in [0.2, 0.25) is 0 Å². The zero-order valence-corrected chi connectivity index (χ0v) is 18.1. The number of anilines is 1. The SMILES string of the molecule is COc1ccc([C@@H](c2nnnn2C2CCCC2)N2CCN(c3ccccc3)CC2)cc1. The average molecular weight is 419 g/mol. The van der Waals surface area contributed by atoms with Crippen LogP contribution in [0.15, 0.2) is 54.6 Å². The Morgan fingerprint density at radius 3 is 2.29 bits per heavy atom. The van der Waals surface area contributed by atoms with E-state index in [9.17, 15) is 0 Å². The van der Waals surface area contributed by atoms with Gasteiger partial charge in [-0.3, -0.25) is 4.90 Å². The number of aromatic nitrogens is 4. The number of rotatable bonds is 6. The number of para-hydroxylation sites is 1. The molecule has 162 valence electrons. The van der Waals surface area contributed by atoms with E-state index in [4.69, 9.17) is 4.74 Å². The smallest absolute Gasteiger partial charge is 0.173 e. The molecule has 0 bridgehead atoms. The minimum atomic E-state index is 0.0411. The van der Waals surface area contributed by atoms with E-state index in [0.29, 0.717) is 6.04 Å². The molecule has 2 aromatic carbocycles. The first-order chi connectivity index (χ1) is 15.3. The Balaban J connectivity index is 1.43. The summed E-state index contributed by atoms with van der Waals surface area (Å²) in [4.78, 5) is 4.99. The van der Waals surface area contributed by atoms with E-state index < -0.39 is 0 Å². The molecule has 1 saturated heterocycles. The average Bonchev–Trinajstić information content (AvgIpc) is 3.53. The standard InChI is InChI=1S/C24H30N6O/c1-31-22-13-11-19(12-14-22)23(24-25-26-27-30(24)21-9-5-6-10-21)29-17-15-28(16-18-29)20-7-3-2-4-8-20/h2-4,7-8,11-14,21,23H,5-6,9-10,15-18H2,1H3/t23-/m0/s1. The number of benzene rings is 2. The normalized spacial score (nSPS) is 18.9. The molecule has 3 aromatic rings. The van der Waals surface area contributed by atoms with Gasteiger partial charge in [0.25, 0.3) is 0 Å². The highest BCUT2D eigenvalue weighted by Gasteiger charge is 2.33. The molecule has 2 aliphatic rings. The molecule has 2 fully saturated rings. The molecule has 5 rings (SSSR count). The van der Waals surface area contributed by atoms with Crippen LogP contribution in [-0.2, 0) is 0 Å². The second-order valence-electron chi connectivity index (χ2n) is 8.45. The van der Waals surface area contributed by atoms with Crippen LogP contribution in [0.2, 0.25) is 0 Å². The Morgan fingerprint density at radius 2 is 1.61 bits per heavy atom. The highest BCUT2D eigenvalue weighted by Crippen LogP contribution is 2.35. The Morgan fingerprint density at radius 1 is 0.903 bits per heavy atom. The van der Waals surface area contributed by atoms with Gasteiger partial charge in [-0.1, -0.05) is 43.2 Å². The summed E-state index contributed by atoms with van der Waals surface area (Å²) < 4.78 is 7.49. The summed E-state index contributed by atoms with van der Waals surface area (Å²) in [6.45, 7) is 3.90. The van der Waals surface area contributed by atoms with Crippen LogP contribution >= 0.6 is 0 Å². The van der Waals surface area contributed by atoms with Crippen LogP contribution in [0, 0.1) is 0 Å². The van der Waals surface area contributed by atoms with Crippen molar-refractivity contribution < 1.29 is 4.74 Å². The maximum atomic E-state index is 5.39. The molecule has 2 heterocycles. The monoisotopic (exact) mass is 418 g/mol. The molecule has 31 heavy (non-hydrogen) atoms. The summed E-state index contributed by atoms with van der Waals surface area (Å²) in [5.41, 5.74) is 2.50. The number of hydrogen-bond donors (Lipinski definition) is 0. The van der Waals surface area contributed by atoms with Crippen LogP contribution in [0.5, 0.6) is 5.75 Å². The third kappa shape index (κ3) is 4.14. The topological polar surface area (TPSA) is 59.3 Å². The fraction of sp³-hybridized carbons (Fsp3) is 0.458. The number of piperazine rings is 1. The van der Waals surface area contributed by atoms with E-state index in [1.165, 1.54) is 24.1 Å². The molecule has 0 radical (unpaired) electrons. The third-order valence-electron chi connectivity index (χ3n) is 6.67. The molecule has 0 spiro atoms. The van der Waals surface area contributed by atoms with Gasteiger partial charge in [0.1, 0.15) is 5.75 Å². The summed E-state index contributed by atoms with van der Waals surface area (Å²) in [5, 5.41) is 13.1. The van der Waals surface area contributed by atoms with Gasteiger partial charge in [0.15, 0.2) is 5.82 Å². The van der Waals surface area contributed by atoms with Crippen LogP contribution in [-0.4, -0.2) is 58.4 Å². The summed E-state index contributed by atoms with van der Waals surface area (Å²) in [5.74, 6) is 1.83. The van der Waals surface area contributed by atoms with Crippen LogP contribution < -0.4 is 9.64 Å². The fourth-order valence-corrected chi connectivity index (χ4v) is 4.98. The number of nitrogens with zero attached hydrogens (tertiary/aromatic N) is 6. The quantitative estimate of drug-likeness (QED) is 0.608. The van der Waals surface area contributed by atoms with E-state index in [1.807, 2.05) is 12.1 Å². The highest BCUT2D eigenvalue weighted by atomic mass is 16.5. The van der Waals surface area contributed by atoms with Gasteiger partial charge in [0, 0.05) is 31.9 Å². The second kappa shape index (κ2) is 9.06. The predicted molar refractivity (Wildman–Crippen MR) is 120 cm³/mol. The maximum Gasteiger partial charge on any atom is 0.173 e. The lowest BCUT2D eigenvalue weighted by atomic mass is 10.0. The summed E-state index contributed by atoms with van der Waals surface area (Å²) in [7, 11) is 1.70. The van der Waals surface area contributed by atoms with E-state index in [0.717, 1.165) is 50.6 Å². The van der Waals surface area contributed by atoms with Crippen molar-refractivity contribution in [3.63, 3.8) is 0 Å². The van der Waals surface area contributed by atoms with E-state index in [1.54, 1.807) is 7.11 Å².